The van der Waals surface area contributed by atoms with Crippen LogP contribution in [0.3, 0.4) is 0 Å². The Bertz CT molecular complexity index is 687. The largest absolute Gasteiger partial charge is 0.317 e. The van der Waals surface area contributed by atoms with Gasteiger partial charge in [0.15, 0.2) is 0 Å². The van der Waals surface area contributed by atoms with Gasteiger partial charge < -0.3 is 5.32 Å². The van der Waals surface area contributed by atoms with Gasteiger partial charge in [-0.2, -0.15) is 0 Å². The fourth-order valence-electron chi connectivity index (χ4n) is 2.94. The lowest BCUT2D eigenvalue weighted by Crippen LogP contribution is -2.28. The van der Waals surface area contributed by atoms with Crippen LogP contribution in [0.25, 0.3) is 0 Å². The van der Waals surface area contributed by atoms with Crippen LogP contribution < -0.4 is 10.6 Å². The molecular formula is C17H23BrClN5O. The maximum atomic E-state index is 12.0. The monoisotopic (exact) mass is 427 g/mol. The quantitative estimate of drug-likeness (QED) is 0.741. The summed E-state index contributed by atoms with van der Waals surface area (Å²) in [4.78, 5) is 16.2. The van der Waals surface area contributed by atoms with Crippen LogP contribution in [0.15, 0.2) is 35.1 Å². The van der Waals surface area contributed by atoms with Crippen LogP contribution in [0.5, 0.6) is 0 Å². The SMILES string of the molecule is Cl.O=C(CCC1CCNCC1)Nc1ncn(Cc2cccc(Br)c2)n1. The van der Waals surface area contributed by atoms with Gasteiger partial charge in [0.05, 0.1) is 6.54 Å². The number of rotatable bonds is 6. The van der Waals surface area contributed by atoms with Crippen molar-refractivity contribution in [1.82, 2.24) is 20.1 Å². The number of carbonyl (C=O) groups is 1. The summed E-state index contributed by atoms with van der Waals surface area (Å²) in [5, 5.41) is 10.5. The minimum absolute atomic E-state index is 0. The predicted molar refractivity (Wildman–Crippen MR) is 104 cm³/mol. The topological polar surface area (TPSA) is 71.8 Å². The van der Waals surface area contributed by atoms with E-state index in [0.717, 1.165) is 42.4 Å². The van der Waals surface area contributed by atoms with Gasteiger partial charge in [0, 0.05) is 10.9 Å². The predicted octanol–water partition coefficient (Wildman–Crippen LogP) is 3.23. The van der Waals surface area contributed by atoms with Crippen LogP contribution >= 0.6 is 28.3 Å². The van der Waals surface area contributed by atoms with Gasteiger partial charge >= 0.3 is 0 Å². The number of piperidine rings is 1. The summed E-state index contributed by atoms with van der Waals surface area (Å²) in [6, 6.07) is 8.04. The van der Waals surface area contributed by atoms with Crippen LogP contribution in [-0.2, 0) is 11.3 Å². The van der Waals surface area contributed by atoms with Crippen LogP contribution in [0, 0.1) is 5.92 Å². The van der Waals surface area contributed by atoms with E-state index >= 15 is 0 Å². The smallest absolute Gasteiger partial charge is 0.248 e. The fraction of sp³-hybridized carbons (Fsp3) is 0.471. The van der Waals surface area contributed by atoms with Gasteiger partial charge in [0.2, 0.25) is 11.9 Å². The highest BCUT2D eigenvalue weighted by Crippen LogP contribution is 2.18. The van der Waals surface area contributed by atoms with Crippen molar-refractivity contribution >= 4 is 40.2 Å². The molecule has 0 aliphatic carbocycles. The minimum Gasteiger partial charge on any atom is -0.317 e. The summed E-state index contributed by atoms with van der Waals surface area (Å²) in [7, 11) is 0. The Morgan fingerprint density at radius 2 is 2.16 bits per heavy atom. The van der Waals surface area contributed by atoms with Gasteiger partial charge in [0.1, 0.15) is 6.33 Å². The van der Waals surface area contributed by atoms with E-state index in [9.17, 15) is 4.79 Å². The Balaban J connectivity index is 0.00000225. The van der Waals surface area contributed by atoms with Crippen molar-refractivity contribution < 1.29 is 4.79 Å². The molecule has 2 aromatic rings. The summed E-state index contributed by atoms with van der Waals surface area (Å²) in [5.41, 5.74) is 1.12. The van der Waals surface area contributed by atoms with Gasteiger partial charge in [-0.25, -0.2) is 9.67 Å². The molecule has 25 heavy (non-hydrogen) atoms. The van der Waals surface area contributed by atoms with E-state index in [4.69, 9.17) is 0 Å². The Labute approximate surface area is 162 Å². The number of nitrogens with zero attached hydrogens (tertiary/aromatic N) is 3. The number of nitrogens with one attached hydrogen (secondary N) is 2. The third kappa shape index (κ3) is 6.41. The Morgan fingerprint density at radius 3 is 2.92 bits per heavy atom. The van der Waals surface area contributed by atoms with Crippen LogP contribution in [0.4, 0.5) is 5.95 Å². The van der Waals surface area contributed by atoms with Gasteiger partial charge in [-0.05, 0) is 56.0 Å². The van der Waals surface area contributed by atoms with Crippen molar-refractivity contribution in [2.45, 2.75) is 32.2 Å². The fourth-order valence-corrected chi connectivity index (χ4v) is 3.39. The Hall–Kier alpha value is -1.44. The van der Waals surface area contributed by atoms with Gasteiger partial charge in [-0.1, -0.05) is 28.1 Å². The first-order chi connectivity index (χ1) is 11.7. The van der Waals surface area contributed by atoms with E-state index in [-0.39, 0.29) is 18.3 Å². The third-order valence-corrected chi connectivity index (χ3v) is 4.75. The minimum atomic E-state index is -0.00580. The van der Waals surface area contributed by atoms with E-state index in [1.807, 2.05) is 24.3 Å². The first-order valence-electron chi connectivity index (χ1n) is 8.33. The van der Waals surface area contributed by atoms with Crippen molar-refractivity contribution in [2.75, 3.05) is 18.4 Å². The van der Waals surface area contributed by atoms with E-state index in [1.165, 1.54) is 0 Å². The number of carbonyl (C=O) groups excluding carboxylic acids is 1. The Kier molecular flexibility index (Phi) is 7.87. The molecule has 1 aliphatic rings. The molecule has 0 saturated carbocycles. The molecule has 6 nitrogen and oxygen atoms in total. The number of benzene rings is 1. The zero-order valence-electron chi connectivity index (χ0n) is 13.9. The lowest BCUT2D eigenvalue weighted by Gasteiger charge is -2.21. The van der Waals surface area contributed by atoms with Crippen LogP contribution in [0.1, 0.15) is 31.2 Å². The summed E-state index contributed by atoms with van der Waals surface area (Å²) in [6.45, 7) is 2.75. The molecule has 3 rings (SSSR count). The number of aromatic nitrogens is 3. The standard InChI is InChI=1S/C17H22BrN5O.ClH/c18-15-3-1-2-14(10-15)11-23-12-20-17(22-23)21-16(24)5-4-13-6-8-19-9-7-13;/h1-3,10,12-13,19H,4-9,11H2,(H,21,22,24);1H. The molecule has 1 amide bonds. The number of anilines is 1. The molecular weight excluding hydrogens is 406 g/mol. The summed E-state index contributed by atoms with van der Waals surface area (Å²) in [5.74, 6) is 1.02. The molecule has 0 bridgehead atoms. The third-order valence-electron chi connectivity index (χ3n) is 4.26. The maximum Gasteiger partial charge on any atom is 0.248 e. The normalized spacial score (nSPS) is 14.8. The molecule has 0 atom stereocenters. The molecule has 2 heterocycles. The maximum absolute atomic E-state index is 12.0. The summed E-state index contributed by atoms with van der Waals surface area (Å²) < 4.78 is 2.76. The molecule has 0 unspecified atom stereocenters. The van der Waals surface area contributed by atoms with E-state index in [1.54, 1.807) is 11.0 Å². The van der Waals surface area contributed by atoms with Gasteiger partial charge in [0.25, 0.3) is 0 Å². The molecule has 1 aromatic heterocycles. The zero-order chi connectivity index (χ0) is 16.8. The van der Waals surface area contributed by atoms with Gasteiger partial charge in [-0.15, -0.1) is 17.5 Å². The molecule has 136 valence electrons. The molecule has 2 N–H and O–H groups in total. The summed E-state index contributed by atoms with van der Waals surface area (Å²) >= 11 is 3.46. The van der Waals surface area contributed by atoms with Crippen molar-refractivity contribution in [3.05, 3.63) is 40.6 Å². The number of hydrogen-bond acceptors (Lipinski definition) is 4. The average molecular weight is 429 g/mol. The lowest BCUT2D eigenvalue weighted by atomic mass is 9.93. The summed E-state index contributed by atoms with van der Waals surface area (Å²) in [6.07, 6.45) is 5.43. The molecule has 1 saturated heterocycles. The van der Waals surface area contributed by atoms with Crippen LogP contribution in [-0.4, -0.2) is 33.8 Å². The molecule has 0 radical (unpaired) electrons. The van der Waals surface area contributed by atoms with E-state index in [2.05, 4.69) is 36.6 Å². The van der Waals surface area contributed by atoms with Crippen molar-refractivity contribution in [1.29, 1.82) is 0 Å². The average Bonchev–Trinajstić information content (AvgIpc) is 3.01. The highest BCUT2D eigenvalue weighted by Gasteiger charge is 2.15. The highest BCUT2D eigenvalue weighted by molar-refractivity contribution is 9.10. The Morgan fingerprint density at radius 1 is 1.36 bits per heavy atom. The second kappa shape index (κ2) is 9.89. The van der Waals surface area contributed by atoms with Crippen molar-refractivity contribution in [3.8, 4) is 0 Å². The molecule has 8 heteroatoms. The second-order valence-corrected chi connectivity index (χ2v) is 7.09. The molecule has 1 aromatic carbocycles. The molecule has 1 aliphatic heterocycles. The highest BCUT2D eigenvalue weighted by atomic mass is 79.9. The first-order valence-corrected chi connectivity index (χ1v) is 9.13. The number of hydrogen-bond donors (Lipinski definition) is 2. The number of halogens is 2. The zero-order valence-corrected chi connectivity index (χ0v) is 16.4. The molecule has 1 fully saturated rings. The van der Waals surface area contributed by atoms with E-state index in [0.29, 0.717) is 24.8 Å². The van der Waals surface area contributed by atoms with Crippen molar-refractivity contribution in [3.63, 3.8) is 0 Å². The van der Waals surface area contributed by atoms with Crippen LogP contribution in [0.2, 0.25) is 0 Å². The molecule has 0 spiro atoms. The lowest BCUT2D eigenvalue weighted by molar-refractivity contribution is -0.116. The second-order valence-electron chi connectivity index (χ2n) is 6.18. The number of amides is 1. The van der Waals surface area contributed by atoms with Gasteiger partial charge in [-0.3, -0.25) is 10.1 Å². The van der Waals surface area contributed by atoms with Crippen molar-refractivity contribution in [2.24, 2.45) is 5.92 Å². The first kappa shape index (κ1) is 19.9. The van der Waals surface area contributed by atoms with E-state index < -0.39 is 0 Å².